The van der Waals surface area contributed by atoms with Gasteiger partial charge in [-0.3, -0.25) is 4.79 Å². The third-order valence-corrected chi connectivity index (χ3v) is 5.05. The smallest absolute Gasteiger partial charge is 0.304 e. The third-order valence-electron chi connectivity index (χ3n) is 4.31. The van der Waals surface area contributed by atoms with E-state index in [1.54, 1.807) is 12.1 Å². The van der Waals surface area contributed by atoms with Gasteiger partial charge in [-0.05, 0) is 35.2 Å². The van der Waals surface area contributed by atoms with Crippen LogP contribution in [0.2, 0.25) is 10.0 Å². The molecule has 1 atom stereocenters. The molecule has 0 aliphatic heterocycles. The summed E-state index contributed by atoms with van der Waals surface area (Å²) in [6.07, 6.45) is 2.80. The summed E-state index contributed by atoms with van der Waals surface area (Å²) in [5, 5.41) is 11.3. The number of hydrogen-bond acceptors (Lipinski definition) is 1. The highest BCUT2D eigenvalue weighted by molar-refractivity contribution is 6.42. The predicted octanol–water partition coefficient (Wildman–Crippen LogP) is 5.64. The lowest BCUT2D eigenvalue weighted by molar-refractivity contribution is -0.137. The minimum Gasteiger partial charge on any atom is -0.481 e. The SMILES string of the molecule is CCc1cccc2c([C@H](CC(=O)O)c3ccc(Cl)c(Cl)c3)c[nH]c12. The van der Waals surface area contributed by atoms with Gasteiger partial charge in [-0.1, -0.05) is 54.4 Å². The van der Waals surface area contributed by atoms with Crippen molar-refractivity contribution < 1.29 is 9.90 Å². The summed E-state index contributed by atoms with van der Waals surface area (Å²) >= 11 is 12.1. The van der Waals surface area contributed by atoms with Crippen LogP contribution in [-0.4, -0.2) is 16.1 Å². The highest BCUT2D eigenvalue weighted by Gasteiger charge is 2.22. The van der Waals surface area contributed by atoms with Gasteiger partial charge in [0.25, 0.3) is 0 Å². The third kappa shape index (κ3) is 3.14. The summed E-state index contributed by atoms with van der Waals surface area (Å²) in [7, 11) is 0. The van der Waals surface area contributed by atoms with Gasteiger partial charge in [0.05, 0.1) is 16.5 Å². The van der Waals surface area contributed by atoms with Crippen LogP contribution in [0.3, 0.4) is 0 Å². The molecule has 124 valence electrons. The molecule has 0 aliphatic carbocycles. The zero-order valence-electron chi connectivity index (χ0n) is 13.1. The topological polar surface area (TPSA) is 53.1 Å². The van der Waals surface area contributed by atoms with E-state index in [4.69, 9.17) is 23.2 Å². The average Bonchev–Trinajstić information content (AvgIpc) is 2.99. The average molecular weight is 362 g/mol. The van der Waals surface area contributed by atoms with E-state index < -0.39 is 5.97 Å². The number of halogens is 2. The van der Waals surface area contributed by atoms with Gasteiger partial charge < -0.3 is 10.1 Å². The first-order valence-corrected chi connectivity index (χ1v) is 8.52. The summed E-state index contributed by atoms with van der Waals surface area (Å²) in [6.45, 7) is 2.10. The Balaban J connectivity index is 2.16. The van der Waals surface area contributed by atoms with Gasteiger partial charge in [-0.25, -0.2) is 0 Å². The Morgan fingerprint density at radius 1 is 1.21 bits per heavy atom. The Bertz CT molecular complexity index is 902. The van der Waals surface area contributed by atoms with Crippen LogP contribution in [0.4, 0.5) is 0 Å². The summed E-state index contributed by atoms with van der Waals surface area (Å²) in [6, 6.07) is 11.4. The molecule has 3 aromatic rings. The molecule has 2 aromatic carbocycles. The Morgan fingerprint density at radius 3 is 2.67 bits per heavy atom. The second kappa shape index (κ2) is 6.88. The van der Waals surface area contributed by atoms with Crippen molar-refractivity contribution in [2.75, 3.05) is 0 Å². The standard InChI is InChI=1S/C19H17Cl2NO2/c1-2-11-4-3-5-13-15(10-22-19(11)13)14(9-18(23)24)12-6-7-16(20)17(21)8-12/h3-8,10,14,22H,2,9H2,1H3,(H,23,24)/t14-/m1/s1. The van der Waals surface area contributed by atoms with Crippen molar-refractivity contribution in [1.82, 2.24) is 4.98 Å². The summed E-state index contributed by atoms with van der Waals surface area (Å²) < 4.78 is 0. The van der Waals surface area contributed by atoms with Gasteiger partial charge in [0.15, 0.2) is 0 Å². The largest absolute Gasteiger partial charge is 0.481 e. The first-order valence-electron chi connectivity index (χ1n) is 7.76. The molecule has 0 unspecified atom stereocenters. The summed E-state index contributed by atoms with van der Waals surface area (Å²) in [4.78, 5) is 14.7. The maximum absolute atomic E-state index is 11.4. The predicted molar refractivity (Wildman–Crippen MR) is 98.2 cm³/mol. The molecule has 3 nitrogen and oxygen atoms in total. The van der Waals surface area contributed by atoms with Crippen molar-refractivity contribution in [3.8, 4) is 0 Å². The molecule has 0 radical (unpaired) electrons. The number of H-pyrrole nitrogens is 1. The highest BCUT2D eigenvalue weighted by atomic mass is 35.5. The number of aliphatic carboxylic acids is 1. The quantitative estimate of drug-likeness (QED) is 0.617. The van der Waals surface area contributed by atoms with E-state index in [2.05, 4.69) is 18.0 Å². The molecule has 0 aliphatic rings. The van der Waals surface area contributed by atoms with E-state index in [1.807, 2.05) is 24.4 Å². The van der Waals surface area contributed by atoms with E-state index in [-0.39, 0.29) is 12.3 Å². The molecular formula is C19H17Cl2NO2. The Kier molecular flexibility index (Phi) is 4.83. The van der Waals surface area contributed by atoms with Gasteiger partial charge in [-0.15, -0.1) is 0 Å². The number of aromatic amines is 1. The molecule has 0 saturated heterocycles. The number of carboxylic acid groups (broad SMARTS) is 1. The van der Waals surface area contributed by atoms with Gasteiger partial charge >= 0.3 is 5.97 Å². The number of hydrogen-bond donors (Lipinski definition) is 2. The lowest BCUT2D eigenvalue weighted by atomic mass is 9.88. The number of carbonyl (C=O) groups is 1. The lowest BCUT2D eigenvalue weighted by Crippen LogP contribution is -2.07. The van der Waals surface area contributed by atoms with E-state index in [0.29, 0.717) is 10.0 Å². The first-order chi connectivity index (χ1) is 11.5. The maximum Gasteiger partial charge on any atom is 0.304 e. The van der Waals surface area contributed by atoms with Crippen molar-refractivity contribution in [2.24, 2.45) is 0 Å². The summed E-state index contributed by atoms with van der Waals surface area (Å²) in [5.74, 6) is -1.15. The molecule has 1 aromatic heterocycles. The second-order valence-corrected chi connectivity index (χ2v) is 6.58. The molecule has 0 saturated carbocycles. The van der Waals surface area contributed by atoms with Crippen molar-refractivity contribution >= 4 is 40.1 Å². The number of aromatic nitrogens is 1. The van der Waals surface area contributed by atoms with Gasteiger partial charge in [-0.2, -0.15) is 0 Å². The number of rotatable bonds is 5. The van der Waals surface area contributed by atoms with Crippen LogP contribution in [0, 0.1) is 0 Å². The number of benzene rings is 2. The van der Waals surface area contributed by atoms with Gasteiger partial charge in [0.2, 0.25) is 0 Å². The number of carboxylic acids is 1. The number of fused-ring (bicyclic) bond motifs is 1. The van der Waals surface area contributed by atoms with E-state index in [0.717, 1.165) is 28.5 Å². The van der Waals surface area contributed by atoms with Crippen LogP contribution >= 0.6 is 23.2 Å². The van der Waals surface area contributed by atoms with Gasteiger partial charge in [0, 0.05) is 23.0 Å². The first kappa shape index (κ1) is 16.9. The number of nitrogens with one attached hydrogen (secondary N) is 1. The van der Waals surface area contributed by atoms with Crippen LogP contribution in [0.15, 0.2) is 42.6 Å². The van der Waals surface area contributed by atoms with Crippen LogP contribution in [0.5, 0.6) is 0 Å². The number of aryl methyl sites for hydroxylation is 1. The molecule has 3 rings (SSSR count). The molecule has 0 spiro atoms. The molecule has 24 heavy (non-hydrogen) atoms. The second-order valence-electron chi connectivity index (χ2n) is 5.76. The molecular weight excluding hydrogens is 345 g/mol. The van der Waals surface area contributed by atoms with Crippen molar-refractivity contribution in [3.05, 3.63) is 69.3 Å². The van der Waals surface area contributed by atoms with E-state index in [9.17, 15) is 9.90 Å². The lowest BCUT2D eigenvalue weighted by Gasteiger charge is -2.16. The van der Waals surface area contributed by atoms with Gasteiger partial charge in [0.1, 0.15) is 0 Å². The van der Waals surface area contributed by atoms with Crippen LogP contribution in [0.1, 0.15) is 36.0 Å². The molecule has 5 heteroatoms. The Morgan fingerprint density at radius 2 is 2.00 bits per heavy atom. The van der Waals surface area contributed by atoms with Crippen LogP contribution < -0.4 is 0 Å². The minimum atomic E-state index is -0.855. The monoisotopic (exact) mass is 361 g/mol. The fourth-order valence-corrected chi connectivity index (χ4v) is 3.44. The molecule has 0 fully saturated rings. The molecule has 2 N–H and O–H groups in total. The zero-order valence-corrected chi connectivity index (χ0v) is 14.7. The fraction of sp³-hybridized carbons (Fsp3) is 0.211. The van der Waals surface area contributed by atoms with E-state index in [1.165, 1.54) is 5.56 Å². The Hall–Kier alpha value is -1.97. The molecule has 0 bridgehead atoms. The Labute approximate surface area is 150 Å². The van der Waals surface area contributed by atoms with Crippen molar-refractivity contribution in [3.63, 3.8) is 0 Å². The van der Waals surface area contributed by atoms with Crippen LogP contribution in [0.25, 0.3) is 10.9 Å². The van der Waals surface area contributed by atoms with Crippen molar-refractivity contribution in [2.45, 2.75) is 25.7 Å². The van der Waals surface area contributed by atoms with Crippen LogP contribution in [-0.2, 0) is 11.2 Å². The summed E-state index contributed by atoms with van der Waals surface area (Å²) in [5.41, 5.74) is 4.07. The zero-order chi connectivity index (χ0) is 17.3. The number of para-hydroxylation sites is 1. The van der Waals surface area contributed by atoms with E-state index >= 15 is 0 Å². The highest BCUT2D eigenvalue weighted by Crippen LogP contribution is 2.36. The fourth-order valence-electron chi connectivity index (χ4n) is 3.13. The normalized spacial score (nSPS) is 12.5. The molecule has 0 amide bonds. The minimum absolute atomic E-state index is 0.0126. The van der Waals surface area contributed by atoms with Crippen molar-refractivity contribution in [1.29, 1.82) is 0 Å². The molecule has 1 heterocycles. The maximum atomic E-state index is 11.4.